The van der Waals surface area contributed by atoms with Gasteiger partial charge in [-0.3, -0.25) is 9.59 Å². The van der Waals surface area contributed by atoms with Crippen LogP contribution in [0.15, 0.2) is 42.3 Å². The highest BCUT2D eigenvalue weighted by molar-refractivity contribution is 7.10. The first-order valence-corrected chi connectivity index (χ1v) is 8.53. The molecule has 0 radical (unpaired) electrons. The molecule has 3 rings (SSSR count). The maximum absolute atomic E-state index is 12.9. The smallest absolute Gasteiger partial charge is 0.258 e. The summed E-state index contributed by atoms with van der Waals surface area (Å²) in [6.07, 6.45) is 1.97. The van der Waals surface area contributed by atoms with Crippen molar-refractivity contribution in [3.63, 3.8) is 0 Å². The van der Waals surface area contributed by atoms with Gasteiger partial charge in [0.25, 0.3) is 5.91 Å². The van der Waals surface area contributed by atoms with Crippen molar-refractivity contribution >= 4 is 28.8 Å². The molecule has 2 N–H and O–H groups in total. The SMILES string of the molecule is C=CC(=O)Nc1ccc(O)c(C(=O)N2CCc3sccc3C2C)c1. The lowest BCUT2D eigenvalue weighted by atomic mass is 10.00. The van der Waals surface area contributed by atoms with Crippen LogP contribution in [0.25, 0.3) is 0 Å². The number of thiophene rings is 1. The Hall–Kier alpha value is -2.60. The molecule has 0 saturated carbocycles. The zero-order chi connectivity index (χ0) is 17.3. The fourth-order valence-electron chi connectivity index (χ4n) is 2.92. The average molecular weight is 342 g/mol. The zero-order valence-electron chi connectivity index (χ0n) is 13.3. The molecule has 0 aliphatic carbocycles. The van der Waals surface area contributed by atoms with Crippen molar-refractivity contribution in [3.8, 4) is 5.75 Å². The number of hydrogen-bond acceptors (Lipinski definition) is 4. The first-order chi connectivity index (χ1) is 11.5. The van der Waals surface area contributed by atoms with Gasteiger partial charge in [0.1, 0.15) is 5.75 Å². The summed E-state index contributed by atoms with van der Waals surface area (Å²) in [6.45, 7) is 5.99. The molecule has 1 aliphatic heterocycles. The summed E-state index contributed by atoms with van der Waals surface area (Å²) in [5.41, 5.74) is 1.79. The van der Waals surface area contributed by atoms with E-state index in [9.17, 15) is 14.7 Å². The lowest BCUT2D eigenvalue weighted by Crippen LogP contribution is -2.38. The van der Waals surface area contributed by atoms with Crippen molar-refractivity contribution < 1.29 is 14.7 Å². The fourth-order valence-corrected chi connectivity index (χ4v) is 3.88. The Balaban J connectivity index is 1.88. The van der Waals surface area contributed by atoms with E-state index in [-0.39, 0.29) is 29.2 Å². The van der Waals surface area contributed by atoms with Gasteiger partial charge in [0.2, 0.25) is 5.91 Å². The minimum Gasteiger partial charge on any atom is -0.507 e. The normalized spacial score (nSPS) is 16.4. The van der Waals surface area contributed by atoms with Gasteiger partial charge in [-0.1, -0.05) is 6.58 Å². The fraction of sp³-hybridized carbons (Fsp3) is 0.222. The number of aromatic hydroxyl groups is 1. The second-order valence-corrected chi connectivity index (χ2v) is 6.65. The Morgan fingerprint density at radius 3 is 2.96 bits per heavy atom. The van der Waals surface area contributed by atoms with Crippen LogP contribution in [0, 0.1) is 0 Å². The maximum Gasteiger partial charge on any atom is 0.258 e. The van der Waals surface area contributed by atoms with Gasteiger partial charge in [0.05, 0.1) is 11.6 Å². The number of hydrogen-bond donors (Lipinski definition) is 2. The molecule has 0 bridgehead atoms. The van der Waals surface area contributed by atoms with Gasteiger partial charge in [-0.25, -0.2) is 0 Å². The van der Waals surface area contributed by atoms with Crippen molar-refractivity contribution in [2.24, 2.45) is 0 Å². The molecule has 6 heteroatoms. The second-order valence-electron chi connectivity index (χ2n) is 5.65. The monoisotopic (exact) mass is 342 g/mol. The van der Waals surface area contributed by atoms with Gasteiger partial charge in [-0.15, -0.1) is 11.3 Å². The Morgan fingerprint density at radius 1 is 1.42 bits per heavy atom. The van der Waals surface area contributed by atoms with Crippen LogP contribution in [0.4, 0.5) is 5.69 Å². The largest absolute Gasteiger partial charge is 0.507 e. The Labute approximate surface area is 144 Å². The van der Waals surface area contributed by atoms with Crippen LogP contribution in [-0.4, -0.2) is 28.4 Å². The van der Waals surface area contributed by atoms with Crippen LogP contribution in [0.3, 0.4) is 0 Å². The molecule has 2 aromatic rings. The second kappa shape index (κ2) is 6.49. The maximum atomic E-state index is 12.9. The third kappa shape index (κ3) is 2.92. The van der Waals surface area contributed by atoms with E-state index in [2.05, 4.69) is 11.9 Å². The molecule has 2 heterocycles. The highest BCUT2D eigenvalue weighted by atomic mass is 32.1. The molecule has 0 spiro atoms. The summed E-state index contributed by atoms with van der Waals surface area (Å²) in [5, 5.41) is 14.7. The summed E-state index contributed by atoms with van der Waals surface area (Å²) in [5.74, 6) is -0.709. The van der Waals surface area contributed by atoms with E-state index >= 15 is 0 Å². The third-order valence-corrected chi connectivity index (χ3v) is 5.21. The van der Waals surface area contributed by atoms with Crippen LogP contribution >= 0.6 is 11.3 Å². The van der Waals surface area contributed by atoms with E-state index in [0.717, 1.165) is 18.1 Å². The van der Waals surface area contributed by atoms with Gasteiger partial charge >= 0.3 is 0 Å². The third-order valence-electron chi connectivity index (χ3n) is 4.22. The van der Waals surface area contributed by atoms with Crippen LogP contribution in [-0.2, 0) is 11.2 Å². The van der Waals surface area contributed by atoms with Gasteiger partial charge in [0.15, 0.2) is 0 Å². The molecule has 0 fully saturated rings. The number of phenolic OH excluding ortho intramolecular Hbond substituents is 1. The number of amides is 2. The number of benzene rings is 1. The van der Waals surface area contributed by atoms with Crippen molar-refractivity contribution in [3.05, 3.63) is 58.3 Å². The molecule has 1 aliphatic rings. The molecular formula is C18H18N2O3S. The minimum absolute atomic E-state index is 0.0432. The Bertz CT molecular complexity index is 812. The lowest BCUT2D eigenvalue weighted by Gasteiger charge is -2.34. The first-order valence-electron chi connectivity index (χ1n) is 7.65. The molecule has 1 aromatic heterocycles. The van der Waals surface area contributed by atoms with E-state index in [0.29, 0.717) is 12.2 Å². The number of fused-ring (bicyclic) bond motifs is 1. The van der Waals surface area contributed by atoms with Gasteiger partial charge in [-0.05, 0) is 54.6 Å². The Morgan fingerprint density at radius 2 is 2.21 bits per heavy atom. The molecule has 5 nitrogen and oxygen atoms in total. The van der Waals surface area contributed by atoms with Crippen molar-refractivity contribution in [1.29, 1.82) is 0 Å². The number of anilines is 1. The summed E-state index contributed by atoms with van der Waals surface area (Å²) in [4.78, 5) is 27.4. The summed E-state index contributed by atoms with van der Waals surface area (Å²) in [7, 11) is 0. The number of rotatable bonds is 3. The number of carbonyl (C=O) groups is 2. The van der Waals surface area contributed by atoms with E-state index in [1.54, 1.807) is 22.3 Å². The van der Waals surface area contributed by atoms with E-state index in [1.807, 2.05) is 18.4 Å². The van der Waals surface area contributed by atoms with Gasteiger partial charge in [0, 0.05) is 17.1 Å². The molecule has 1 unspecified atom stereocenters. The highest BCUT2D eigenvalue weighted by Crippen LogP contribution is 2.35. The predicted octanol–water partition coefficient (Wildman–Crippen LogP) is 3.34. The standard InChI is InChI=1S/C18H18N2O3S/c1-3-17(22)19-12-4-5-15(21)14(10-12)18(23)20-8-6-16-13(11(20)2)7-9-24-16/h3-5,7,9-11,21H,1,6,8H2,2H3,(H,19,22). The molecule has 0 saturated heterocycles. The van der Waals surface area contributed by atoms with Crippen LogP contribution < -0.4 is 5.32 Å². The quantitative estimate of drug-likeness (QED) is 0.664. The topological polar surface area (TPSA) is 69.6 Å². The Kier molecular flexibility index (Phi) is 4.40. The van der Waals surface area contributed by atoms with Crippen molar-refractivity contribution in [1.82, 2.24) is 4.90 Å². The van der Waals surface area contributed by atoms with E-state index in [4.69, 9.17) is 0 Å². The van der Waals surface area contributed by atoms with Gasteiger partial charge < -0.3 is 15.3 Å². The predicted molar refractivity (Wildman–Crippen MR) is 94.4 cm³/mol. The molecule has 1 atom stereocenters. The number of nitrogens with one attached hydrogen (secondary N) is 1. The number of nitrogens with zero attached hydrogens (tertiary/aromatic N) is 1. The van der Waals surface area contributed by atoms with Crippen LogP contribution in [0.1, 0.15) is 33.8 Å². The van der Waals surface area contributed by atoms with E-state index < -0.39 is 0 Å². The van der Waals surface area contributed by atoms with Crippen LogP contribution in [0.5, 0.6) is 5.75 Å². The zero-order valence-corrected chi connectivity index (χ0v) is 14.1. The molecule has 1 aromatic carbocycles. The van der Waals surface area contributed by atoms with E-state index in [1.165, 1.54) is 17.0 Å². The highest BCUT2D eigenvalue weighted by Gasteiger charge is 2.30. The lowest BCUT2D eigenvalue weighted by molar-refractivity contribution is -0.111. The van der Waals surface area contributed by atoms with Crippen molar-refractivity contribution in [2.75, 3.05) is 11.9 Å². The molecule has 124 valence electrons. The summed E-state index contributed by atoms with van der Waals surface area (Å²) < 4.78 is 0. The molecule has 2 amide bonds. The van der Waals surface area contributed by atoms with Crippen molar-refractivity contribution in [2.45, 2.75) is 19.4 Å². The number of phenols is 1. The number of carbonyl (C=O) groups excluding carboxylic acids is 2. The van der Waals surface area contributed by atoms with Crippen LogP contribution in [0.2, 0.25) is 0 Å². The summed E-state index contributed by atoms with van der Waals surface area (Å²) in [6, 6.07) is 6.46. The average Bonchev–Trinajstić information content (AvgIpc) is 3.06. The first kappa shape index (κ1) is 16.3. The van der Waals surface area contributed by atoms with Gasteiger partial charge in [-0.2, -0.15) is 0 Å². The molecule has 24 heavy (non-hydrogen) atoms. The summed E-state index contributed by atoms with van der Waals surface area (Å²) >= 11 is 1.71. The minimum atomic E-state index is -0.367. The molecular weight excluding hydrogens is 324 g/mol.